The molecule has 0 aromatic heterocycles. The molecule has 1 saturated heterocycles. The fourth-order valence-electron chi connectivity index (χ4n) is 8.60. The van der Waals surface area contributed by atoms with Crippen LogP contribution in [0.2, 0.25) is 0 Å². The third-order valence-electron chi connectivity index (χ3n) is 12.1. The topological polar surface area (TPSA) is 252 Å². The number of esters is 4. The van der Waals surface area contributed by atoms with Gasteiger partial charge in [0.2, 0.25) is 17.7 Å². The van der Waals surface area contributed by atoms with Gasteiger partial charge in [0.1, 0.15) is 34.5 Å². The Balaban J connectivity index is 1.79. The van der Waals surface area contributed by atoms with Crippen molar-refractivity contribution >= 4 is 59.3 Å². The number of unbranched alkanes of at least 4 members (excludes halogenated alkanes) is 1. The van der Waals surface area contributed by atoms with Crippen molar-refractivity contribution in [3.05, 3.63) is 34.9 Å². The summed E-state index contributed by atoms with van der Waals surface area (Å²) in [6, 6.07) is 3.44. The summed E-state index contributed by atoms with van der Waals surface area (Å²) >= 11 is 1.51. The SMILES string of the molecule is CSCC[C@H](NC(=O)c1cccc2c1CCN(C(=O)CN1CCN(CC(=O)OC(C)(C)C)CCN(CC(=O)OC(C)(C)C)CCN(CC(=O)OC(C)(C)C)CC1)C2)C(=O)NCC(=O)N[C@@H](CCCCN)C(=O)OC(C)(C)C. The number of carbonyl (C=O) groups excluding carboxylic acids is 8. The van der Waals surface area contributed by atoms with Crippen LogP contribution in [0.25, 0.3) is 0 Å². The lowest BCUT2D eigenvalue weighted by atomic mass is 9.93. The van der Waals surface area contributed by atoms with Crippen molar-refractivity contribution in [3.8, 4) is 0 Å². The second kappa shape index (κ2) is 31.1. The molecule has 1 aromatic carbocycles. The quantitative estimate of drug-likeness (QED) is 0.0740. The first-order valence-electron chi connectivity index (χ1n) is 27.1. The molecule has 4 amide bonds. The Morgan fingerprint density at radius 3 is 1.51 bits per heavy atom. The number of amides is 4. The smallest absolute Gasteiger partial charge is 0.329 e. The Hall–Kier alpha value is -4.87. The zero-order chi connectivity index (χ0) is 57.7. The van der Waals surface area contributed by atoms with E-state index in [2.05, 4.69) is 16.0 Å². The van der Waals surface area contributed by atoms with Crippen molar-refractivity contribution in [2.24, 2.45) is 5.73 Å². The van der Waals surface area contributed by atoms with Gasteiger partial charge in [-0.1, -0.05) is 12.1 Å². The van der Waals surface area contributed by atoms with Crippen molar-refractivity contribution in [3.63, 3.8) is 0 Å². The van der Waals surface area contributed by atoms with Crippen molar-refractivity contribution in [1.29, 1.82) is 0 Å². The van der Waals surface area contributed by atoms with E-state index in [0.717, 1.165) is 11.1 Å². The molecule has 21 nitrogen and oxygen atoms in total. The predicted molar refractivity (Wildman–Crippen MR) is 297 cm³/mol. The van der Waals surface area contributed by atoms with Crippen LogP contribution in [0.5, 0.6) is 0 Å². The summed E-state index contributed by atoms with van der Waals surface area (Å²) in [6.07, 6.45) is 4.12. The van der Waals surface area contributed by atoms with Gasteiger partial charge in [-0.3, -0.25) is 53.2 Å². The Morgan fingerprint density at radius 2 is 1.06 bits per heavy atom. The van der Waals surface area contributed by atoms with Crippen LogP contribution in [-0.4, -0.2) is 217 Å². The van der Waals surface area contributed by atoms with Gasteiger partial charge >= 0.3 is 23.9 Å². The van der Waals surface area contributed by atoms with Crippen molar-refractivity contribution in [2.45, 2.75) is 156 Å². The number of carbonyl (C=O) groups is 8. The van der Waals surface area contributed by atoms with Gasteiger partial charge < -0.3 is 45.5 Å². The minimum absolute atomic E-state index is 0.00288. The van der Waals surface area contributed by atoms with Crippen LogP contribution in [-0.2, 0) is 65.5 Å². The number of ether oxygens (including phenoxy) is 4. The third kappa shape index (κ3) is 27.0. The van der Waals surface area contributed by atoms with Crippen molar-refractivity contribution < 1.29 is 57.3 Å². The van der Waals surface area contributed by atoms with Crippen LogP contribution >= 0.6 is 11.8 Å². The van der Waals surface area contributed by atoms with Crippen LogP contribution in [0.4, 0.5) is 0 Å². The number of nitrogens with zero attached hydrogens (tertiary/aromatic N) is 5. The largest absolute Gasteiger partial charge is 0.459 e. The number of benzene rings is 1. The van der Waals surface area contributed by atoms with Crippen LogP contribution in [0.15, 0.2) is 18.2 Å². The second-order valence-corrected chi connectivity index (χ2v) is 24.8. The van der Waals surface area contributed by atoms with Crippen LogP contribution < -0.4 is 21.7 Å². The first-order valence-corrected chi connectivity index (χ1v) is 28.5. The lowest BCUT2D eigenvalue weighted by Gasteiger charge is -2.35. The maximum atomic E-state index is 14.4. The molecule has 5 N–H and O–H groups in total. The summed E-state index contributed by atoms with van der Waals surface area (Å²) in [7, 11) is 0. The van der Waals surface area contributed by atoms with E-state index in [1.165, 1.54) is 11.8 Å². The molecule has 2 heterocycles. The molecule has 2 aliphatic rings. The van der Waals surface area contributed by atoms with Crippen molar-refractivity contribution in [2.75, 3.05) is 110 Å². The Kier molecular flexibility index (Phi) is 26.8. The minimum atomic E-state index is -0.970. The van der Waals surface area contributed by atoms with Crippen LogP contribution in [0.3, 0.4) is 0 Å². The first kappa shape index (κ1) is 66.4. The zero-order valence-corrected chi connectivity index (χ0v) is 49.4. The standard InChI is InChI=1S/C55H93N9O12S/c1-52(2,3)73-46(67)36-61-26-24-60(25-27-62(37-47(68)74-53(4,5)6)29-31-63(30-28-61)38-48(69)75-54(7,8)9)35-45(66)64-23-20-40-39(34-64)17-16-18-41(40)49(70)59-42(21-32-77-13)50(71)57-33-44(65)58-43(19-14-15-22-56)51(72)76-55(10,11)12/h16-18,42-43H,14-15,19-38,56H2,1-13H3,(H,57,71)(H,58,65)(H,59,70)/t42-,43-/m0/s1. The number of thioether (sulfide) groups is 1. The highest BCUT2D eigenvalue weighted by molar-refractivity contribution is 7.98. The minimum Gasteiger partial charge on any atom is -0.459 e. The predicted octanol–water partition coefficient (Wildman–Crippen LogP) is 2.74. The van der Waals surface area contributed by atoms with E-state index in [0.29, 0.717) is 102 Å². The molecule has 0 spiro atoms. The van der Waals surface area contributed by atoms with E-state index in [1.54, 1.807) is 37.8 Å². The number of fused-ring (bicyclic) bond motifs is 1. The van der Waals surface area contributed by atoms with E-state index in [9.17, 15) is 38.4 Å². The Labute approximate surface area is 462 Å². The molecule has 3 rings (SSSR count). The van der Waals surface area contributed by atoms with Gasteiger partial charge in [0.15, 0.2) is 0 Å². The molecule has 0 saturated carbocycles. The number of nitrogens with two attached hydrogens (primary N) is 1. The maximum Gasteiger partial charge on any atom is 0.329 e. The molecule has 0 bridgehead atoms. The molecule has 0 unspecified atom stereocenters. The summed E-state index contributed by atoms with van der Waals surface area (Å²) < 4.78 is 22.6. The zero-order valence-electron chi connectivity index (χ0n) is 48.6. The Morgan fingerprint density at radius 1 is 0.597 bits per heavy atom. The van der Waals surface area contributed by atoms with Gasteiger partial charge in [0.05, 0.1) is 32.7 Å². The van der Waals surface area contributed by atoms with Crippen molar-refractivity contribution in [1.82, 2.24) is 40.4 Å². The van der Waals surface area contributed by atoms with E-state index in [4.69, 9.17) is 24.7 Å². The lowest BCUT2D eigenvalue weighted by Crippen LogP contribution is -2.51. The molecular weight excluding hydrogens is 1010 g/mol. The van der Waals surface area contributed by atoms with E-state index < -0.39 is 76.7 Å². The molecule has 436 valence electrons. The van der Waals surface area contributed by atoms with Gasteiger partial charge in [-0.25, -0.2) is 4.79 Å². The fourth-order valence-corrected chi connectivity index (χ4v) is 9.07. The normalized spacial score (nSPS) is 16.8. The molecule has 1 fully saturated rings. The van der Waals surface area contributed by atoms with Crippen LogP contribution in [0.1, 0.15) is 130 Å². The number of rotatable bonds is 22. The molecule has 1 aromatic rings. The molecule has 2 aliphatic heterocycles. The van der Waals surface area contributed by atoms with E-state index >= 15 is 0 Å². The van der Waals surface area contributed by atoms with Gasteiger partial charge in [-0.05, 0) is 151 Å². The summed E-state index contributed by atoms with van der Waals surface area (Å²) in [4.78, 5) is 117. The molecule has 0 aliphatic carbocycles. The molecule has 2 atom stereocenters. The number of nitrogens with one attached hydrogen (secondary N) is 3. The maximum absolute atomic E-state index is 14.4. The number of hydrogen-bond donors (Lipinski definition) is 4. The summed E-state index contributed by atoms with van der Waals surface area (Å²) in [5.41, 5.74) is 4.75. The summed E-state index contributed by atoms with van der Waals surface area (Å²) in [5.74, 6) is -2.94. The van der Waals surface area contributed by atoms with E-state index in [-0.39, 0.29) is 51.0 Å². The monoisotopic (exact) mass is 1100 g/mol. The average molecular weight is 1100 g/mol. The third-order valence-corrected chi connectivity index (χ3v) is 12.7. The number of hydrogen-bond acceptors (Lipinski definition) is 18. The highest BCUT2D eigenvalue weighted by Crippen LogP contribution is 2.24. The molecular formula is C55H93N9O12S. The lowest BCUT2D eigenvalue weighted by molar-refractivity contribution is -0.159. The Bertz CT molecular complexity index is 2090. The first-order chi connectivity index (χ1) is 35.8. The highest BCUT2D eigenvalue weighted by atomic mass is 32.2. The highest BCUT2D eigenvalue weighted by Gasteiger charge is 2.32. The van der Waals surface area contributed by atoms with Gasteiger partial charge in [-0.2, -0.15) is 11.8 Å². The average Bonchev–Trinajstić information content (AvgIpc) is 3.29. The molecule has 0 radical (unpaired) electrons. The summed E-state index contributed by atoms with van der Waals surface area (Å²) in [5, 5.41) is 8.21. The molecule has 77 heavy (non-hydrogen) atoms. The second-order valence-electron chi connectivity index (χ2n) is 23.8. The van der Waals surface area contributed by atoms with Gasteiger partial charge in [0, 0.05) is 71.0 Å². The van der Waals surface area contributed by atoms with Crippen LogP contribution in [0, 0.1) is 0 Å². The van der Waals surface area contributed by atoms with Gasteiger partial charge in [-0.15, -0.1) is 0 Å². The van der Waals surface area contributed by atoms with Gasteiger partial charge in [0.25, 0.3) is 5.91 Å². The summed E-state index contributed by atoms with van der Waals surface area (Å²) in [6.45, 7) is 25.4. The fraction of sp³-hybridized carbons (Fsp3) is 0.745. The molecule has 22 heteroatoms. The van der Waals surface area contributed by atoms with E-state index in [1.807, 2.05) is 94.2 Å².